The van der Waals surface area contributed by atoms with E-state index in [4.69, 9.17) is 0 Å². The Hall–Kier alpha value is -2.60. The van der Waals surface area contributed by atoms with Gasteiger partial charge in [-0.3, -0.25) is 14.2 Å². The molecule has 29 heavy (non-hydrogen) atoms. The predicted molar refractivity (Wildman–Crippen MR) is 119 cm³/mol. The molecule has 0 aliphatic carbocycles. The van der Waals surface area contributed by atoms with Crippen molar-refractivity contribution < 1.29 is 4.79 Å². The number of unbranched alkanes of at least 4 members (excludes halogenated alkanes) is 1. The number of hydrogen-bond acceptors (Lipinski definition) is 4. The van der Waals surface area contributed by atoms with Gasteiger partial charge in [-0.15, -0.1) is 0 Å². The van der Waals surface area contributed by atoms with Crippen LogP contribution in [0.4, 0.5) is 0 Å². The van der Waals surface area contributed by atoms with Gasteiger partial charge in [-0.1, -0.05) is 67.6 Å². The van der Waals surface area contributed by atoms with Crippen LogP contribution in [0.2, 0.25) is 0 Å². The molecule has 6 heteroatoms. The zero-order chi connectivity index (χ0) is 20.5. The molecule has 1 N–H and O–H groups in total. The first-order valence-corrected chi connectivity index (χ1v) is 11.1. The number of aromatic nitrogens is 2. The van der Waals surface area contributed by atoms with Crippen molar-refractivity contribution in [2.24, 2.45) is 0 Å². The van der Waals surface area contributed by atoms with Crippen LogP contribution >= 0.6 is 11.8 Å². The topological polar surface area (TPSA) is 64.0 Å². The zero-order valence-corrected chi connectivity index (χ0v) is 17.6. The van der Waals surface area contributed by atoms with Gasteiger partial charge in [-0.2, -0.15) is 0 Å². The average molecular weight is 410 g/mol. The summed E-state index contributed by atoms with van der Waals surface area (Å²) in [4.78, 5) is 29.8. The first-order valence-electron chi connectivity index (χ1n) is 10.1. The maximum atomic E-state index is 13.1. The second-order valence-corrected chi connectivity index (χ2v) is 7.89. The summed E-state index contributed by atoms with van der Waals surface area (Å²) in [6.45, 7) is 3.35. The van der Waals surface area contributed by atoms with Crippen molar-refractivity contribution >= 4 is 28.6 Å². The van der Waals surface area contributed by atoms with Crippen LogP contribution in [0.15, 0.2) is 64.5 Å². The molecule has 0 saturated carbocycles. The highest BCUT2D eigenvalue weighted by Crippen LogP contribution is 2.18. The van der Waals surface area contributed by atoms with E-state index in [2.05, 4.69) is 29.4 Å². The summed E-state index contributed by atoms with van der Waals surface area (Å²) in [6.07, 6.45) is 3.73. The lowest BCUT2D eigenvalue weighted by molar-refractivity contribution is -0.118. The lowest BCUT2D eigenvalue weighted by Crippen LogP contribution is -2.27. The minimum atomic E-state index is -0.0439. The maximum Gasteiger partial charge on any atom is 0.262 e. The van der Waals surface area contributed by atoms with E-state index in [1.807, 2.05) is 42.5 Å². The molecule has 1 aromatic heterocycles. The quantitative estimate of drug-likeness (QED) is 0.312. The van der Waals surface area contributed by atoms with Crippen LogP contribution in [0.1, 0.15) is 31.7 Å². The first kappa shape index (κ1) is 21.1. The fourth-order valence-corrected chi connectivity index (χ4v) is 3.98. The molecule has 0 atom stereocenters. The summed E-state index contributed by atoms with van der Waals surface area (Å²) in [6, 6.07) is 17.6. The number of amides is 1. The Labute approximate surface area is 175 Å². The van der Waals surface area contributed by atoms with Crippen LogP contribution < -0.4 is 10.9 Å². The molecule has 0 spiro atoms. The highest BCUT2D eigenvalue weighted by atomic mass is 32.2. The van der Waals surface area contributed by atoms with E-state index in [0.717, 1.165) is 25.7 Å². The van der Waals surface area contributed by atoms with E-state index in [9.17, 15) is 9.59 Å². The molecule has 3 rings (SSSR count). The third-order valence-corrected chi connectivity index (χ3v) is 5.68. The fraction of sp³-hybridized carbons (Fsp3) is 0.348. The molecule has 0 unspecified atom stereocenters. The summed E-state index contributed by atoms with van der Waals surface area (Å²) in [7, 11) is 0. The smallest absolute Gasteiger partial charge is 0.262 e. The molecule has 1 heterocycles. The number of benzene rings is 2. The molecule has 5 nitrogen and oxygen atoms in total. The Morgan fingerprint density at radius 2 is 1.83 bits per heavy atom. The second kappa shape index (κ2) is 10.8. The molecule has 0 radical (unpaired) electrons. The van der Waals surface area contributed by atoms with Gasteiger partial charge in [0.2, 0.25) is 5.91 Å². The number of para-hydroxylation sites is 1. The lowest BCUT2D eigenvalue weighted by atomic mass is 10.1. The molecular formula is C23H27N3O2S. The average Bonchev–Trinajstić information content (AvgIpc) is 2.75. The van der Waals surface area contributed by atoms with Crippen molar-refractivity contribution in [3.8, 4) is 0 Å². The van der Waals surface area contributed by atoms with E-state index >= 15 is 0 Å². The monoisotopic (exact) mass is 409 g/mol. The number of rotatable bonds is 10. The molecular weight excluding hydrogens is 382 g/mol. The summed E-state index contributed by atoms with van der Waals surface area (Å²) >= 11 is 1.33. The second-order valence-electron chi connectivity index (χ2n) is 6.95. The van der Waals surface area contributed by atoms with Gasteiger partial charge < -0.3 is 5.32 Å². The Morgan fingerprint density at radius 3 is 2.62 bits per heavy atom. The molecule has 3 aromatic rings. The standard InChI is InChI=1S/C23H27N3O2S/c1-2-3-15-24-21(27)17-29-23-25-20-14-8-7-13-19(20)22(28)26(23)16-9-12-18-10-5-4-6-11-18/h4-8,10-11,13-14H,2-3,9,12,15-17H2,1H3,(H,24,27). The van der Waals surface area contributed by atoms with Gasteiger partial charge in [0.1, 0.15) is 0 Å². The van der Waals surface area contributed by atoms with Crippen LogP contribution in [-0.4, -0.2) is 27.8 Å². The van der Waals surface area contributed by atoms with Gasteiger partial charge in [0.15, 0.2) is 5.16 Å². The summed E-state index contributed by atoms with van der Waals surface area (Å²) in [5, 5.41) is 4.13. The van der Waals surface area contributed by atoms with Crippen molar-refractivity contribution in [2.75, 3.05) is 12.3 Å². The van der Waals surface area contributed by atoms with Gasteiger partial charge >= 0.3 is 0 Å². The number of fused-ring (bicyclic) bond motifs is 1. The minimum absolute atomic E-state index is 0.0262. The van der Waals surface area contributed by atoms with E-state index < -0.39 is 0 Å². The number of carbonyl (C=O) groups is 1. The Balaban J connectivity index is 1.76. The van der Waals surface area contributed by atoms with Crippen LogP contribution in [0.5, 0.6) is 0 Å². The maximum absolute atomic E-state index is 13.1. The molecule has 0 aliphatic rings. The molecule has 1 amide bonds. The van der Waals surface area contributed by atoms with Crippen LogP contribution in [0, 0.1) is 0 Å². The molecule has 0 aliphatic heterocycles. The van der Waals surface area contributed by atoms with Gasteiger partial charge in [0, 0.05) is 13.1 Å². The number of thioether (sulfide) groups is 1. The van der Waals surface area contributed by atoms with Crippen LogP contribution in [-0.2, 0) is 17.8 Å². The van der Waals surface area contributed by atoms with E-state index in [0.29, 0.717) is 29.1 Å². The third kappa shape index (κ3) is 5.94. The highest BCUT2D eigenvalue weighted by molar-refractivity contribution is 7.99. The van der Waals surface area contributed by atoms with Crippen molar-refractivity contribution in [3.05, 3.63) is 70.5 Å². The van der Waals surface area contributed by atoms with Crippen LogP contribution in [0.25, 0.3) is 10.9 Å². The van der Waals surface area contributed by atoms with Crippen LogP contribution in [0.3, 0.4) is 0 Å². The predicted octanol–water partition coefficient (Wildman–Crippen LogP) is 4.04. The Bertz CT molecular complexity index is 1000. The summed E-state index contributed by atoms with van der Waals surface area (Å²) in [5.41, 5.74) is 1.88. The fourth-order valence-electron chi connectivity index (χ4n) is 3.13. The van der Waals surface area contributed by atoms with Gasteiger partial charge in [0.05, 0.1) is 16.7 Å². The van der Waals surface area contributed by atoms with Gasteiger partial charge in [-0.05, 0) is 37.0 Å². The highest BCUT2D eigenvalue weighted by Gasteiger charge is 2.13. The molecule has 152 valence electrons. The normalized spacial score (nSPS) is 10.9. The molecule has 0 bridgehead atoms. The van der Waals surface area contributed by atoms with E-state index in [-0.39, 0.29) is 17.2 Å². The van der Waals surface area contributed by atoms with E-state index in [1.54, 1.807) is 4.57 Å². The third-order valence-electron chi connectivity index (χ3n) is 4.70. The number of carbonyl (C=O) groups excluding carboxylic acids is 1. The minimum Gasteiger partial charge on any atom is -0.355 e. The number of nitrogens with zero attached hydrogens (tertiary/aromatic N) is 2. The molecule has 2 aromatic carbocycles. The van der Waals surface area contributed by atoms with E-state index in [1.165, 1.54) is 17.3 Å². The number of aryl methyl sites for hydroxylation is 1. The molecule has 0 fully saturated rings. The zero-order valence-electron chi connectivity index (χ0n) is 16.8. The van der Waals surface area contributed by atoms with Crippen molar-refractivity contribution in [1.82, 2.24) is 14.9 Å². The number of hydrogen-bond donors (Lipinski definition) is 1. The Kier molecular flexibility index (Phi) is 7.87. The van der Waals surface area contributed by atoms with Crippen molar-refractivity contribution in [1.29, 1.82) is 0 Å². The molecule has 0 saturated heterocycles. The SMILES string of the molecule is CCCCNC(=O)CSc1nc2ccccc2c(=O)n1CCCc1ccccc1. The Morgan fingerprint density at radius 1 is 1.07 bits per heavy atom. The van der Waals surface area contributed by atoms with Crippen molar-refractivity contribution in [2.45, 2.75) is 44.3 Å². The van der Waals surface area contributed by atoms with Gasteiger partial charge in [-0.25, -0.2) is 4.98 Å². The largest absolute Gasteiger partial charge is 0.355 e. The summed E-state index contributed by atoms with van der Waals surface area (Å²) < 4.78 is 1.72. The number of nitrogens with one attached hydrogen (secondary N) is 1. The first-order chi connectivity index (χ1) is 14.2. The lowest BCUT2D eigenvalue weighted by Gasteiger charge is -2.13. The van der Waals surface area contributed by atoms with Gasteiger partial charge in [0.25, 0.3) is 5.56 Å². The van der Waals surface area contributed by atoms with Crippen molar-refractivity contribution in [3.63, 3.8) is 0 Å². The summed E-state index contributed by atoms with van der Waals surface area (Å²) in [5.74, 6) is 0.231.